The summed E-state index contributed by atoms with van der Waals surface area (Å²) in [6.45, 7) is 51.1. The van der Waals surface area contributed by atoms with Gasteiger partial charge < -0.3 is 13.4 Å². The van der Waals surface area contributed by atoms with Crippen molar-refractivity contribution in [3.05, 3.63) is 98.0 Å². The second-order valence-corrected chi connectivity index (χ2v) is 22.7. The molecule has 1 N–H and O–H groups in total. The highest BCUT2D eigenvalue weighted by molar-refractivity contribution is 7.09. The summed E-state index contributed by atoms with van der Waals surface area (Å²) in [6.07, 6.45) is 9.58. The Kier molecular flexibility index (Phi) is 19.4. The van der Waals surface area contributed by atoms with Crippen molar-refractivity contribution in [2.24, 2.45) is 10.4 Å². The van der Waals surface area contributed by atoms with Gasteiger partial charge in [-0.2, -0.15) is 5.10 Å². The van der Waals surface area contributed by atoms with Crippen LogP contribution in [0.3, 0.4) is 0 Å². The van der Waals surface area contributed by atoms with Crippen LogP contribution >= 0.6 is 11.3 Å². The van der Waals surface area contributed by atoms with Crippen LogP contribution in [0.25, 0.3) is 0 Å². The Morgan fingerprint density at radius 3 is 1.33 bits per heavy atom. The molecule has 10 nitrogen and oxygen atoms in total. The van der Waals surface area contributed by atoms with Gasteiger partial charge in [0.05, 0.1) is 34.5 Å². The topological polar surface area (TPSA) is 132 Å². The summed E-state index contributed by atoms with van der Waals surface area (Å²) in [5.74, 6) is 1.90. The number of aromatic nitrogens is 6. The van der Waals surface area contributed by atoms with Gasteiger partial charge >= 0.3 is 0 Å². The first kappa shape index (κ1) is 53.9. The van der Waals surface area contributed by atoms with E-state index in [0.717, 1.165) is 40.6 Å². The summed E-state index contributed by atoms with van der Waals surface area (Å²) in [4.78, 5) is 18.0. The number of aryl methyl sites for hydroxylation is 5. The van der Waals surface area contributed by atoms with Gasteiger partial charge in [0.2, 0.25) is 0 Å². The molecule has 0 amide bonds. The summed E-state index contributed by atoms with van der Waals surface area (Å²) in [5, 5.41) is 10.9. The van der Waals surface area contributed by atoms with Crippen molar-refractivity contribution >= 4 is 17.6 Å². The molecule has 0 atom stereocenters. The third kappa shape index (κ3) is 17.8. The number of nitrogens with zero attached hydrogens (tertiary/aromatic N) is 6. The third-order valence-electron chi connectivity index (χ3n) is 9.30. The van der Waals surface area contributed by atoms with Crippen LogP contribution in [0.4, 0.5) is 0 Å². The summed E-state index contributed by atoms with van der Waals surface area (Å²) in [7, 11) is 0. The highest BCUT2D eigenvalue weighted by atomic mass is 32.1. The summed E-state index contributed by atoms with van der Waals surface area (Å²) in [6, 6.07) is 0. The molecule has 11 heteroatoms. The van der Waals surface area contributed by atoms with Crippen molar-refractivity contribution in [3.8, 4) is 0 Å². The number of H-pyrrole nitrogens is 1. The van der Waals surface area contributed by atoms with Gasteiger partial charge in [-0.1, -0.05) is 130 Å². The standard InChI is InChI=1S/C9H15N.C8H14N2.3C8H13NO.C8H13NS/c1-7-8(5-6-10-7)9(2,3)4;1-6-5-9-10-7(6)8(2,3)4;1-6-7(8(2,3)4)9-5-10-6;1-6-7(8(2,3)4)10-5-9-6;1-6-5-10-9-7(6)8(2,3)4;1-6-7(8(2,3)4)9-5-10-6/h6H,5H2,1-4H3;5H,1-4H3,(H,9,10);4*5H,1-4H3. The number of hydrogen-bond donors (Lipinski definition) is 1. The number of hydrogen-bond acceptors (Lipinski definition) is 10. The maximum Gasteiger partial charge on any atom is 0.181 e. The van der Waals surface area contributed by atoms with E-state index in [1.54, 1.807) is 17.6 Å². The summed E-state index contributed by atoms with van der Waals surface area (Å²) >= 11 is 1.72. The predicted octanol–water partition coefficient (Wildman–Crippen LogP) is 14.4. The van der Waals surface area contributed by atoms with Gasteiger partial charge in [-0.25, -0.2) is 15.0 Å². The van der Waals surface area contributed by atoms with Crippen molar-refractivity contribution in [2.45, 2.75) is 200 Å². The highest BCUT2D eigenvalue weighted by Gasteiger charge is 2.23. The van der Waals surface area contributed by atoms with Crippen molar-refractivity contribution in [2.75, 3.05) is 0 Å². The fourth-order valence-corrected chi connectivity index (χ4v) is 7.33. The van der Waals surface area contributed by atoms with Gasteiger partial charge in [-0.05, 0) is 58.1 Å². The maximum absolute atomic E-state index is 5.22. The maximum atomic E-state index is 5.22. The molecule has 6 rings (SSSR count). The Morgan fingerprint density at radius 2 is 1.13 bits per heavy atom. The first-order valence-electron chi connectivity index (χ1n) is 21.0. The second-order valence-electron chi connectivity index (χ2n) is 21.6. The predicted molar refractivity (Wildman–Crippen MR) is 253 cm³/mol. The van der Waals surface area contributed by atoms with E-state index in [1.807, 2.05) is 38.7 Å². The molecule has 0 radical (unpaired) electrons. The molecule has 0 saturated carbocycles. The fourth-order valence-electron chi connectivity index (χ4n) is 6.54. The number of rotatable bonds is 0. The lowest BCUT2D eigenvalue weighted by Crippen LogP contribution is -2.13. The average Bonchev–Trinajstić information content (AvgIpc) is 3.90. The molecule has 336 valence electrons. The molecule has 5 aromatic heterocycles. The van der Waals surface area contributed by atoms with Crippen LogP contribution in [-0.2, 0) is 27.1 Å². The van der Waals surface area contributed by atoms with Gasteiger partial charge in [0.1, 0.15) is 17.8 Å². The van der Waals surface area contributed by atoms with Crippen LogP contribution < -0.4 is 0 Å². The second kappa shape index (κ2) is 21.6. The van der Waals surface area contributed by atoms with Crippen LogP contribution in [0.2, 0.25) is 0 Å². The van der Waals surface area contributed by atoms with Crippen LogP contribution in [0.15, 0.2) is 60.4 Å². The van der Waals surface area contributed by atoms with E-state index in [2.05, 4.69) is 181 Å². The molecule has 0 unspecified atom stereocenters. The molecule has 1 aliphatic heterocycles. The lowest BCUT2D eigenvalue weighted by atomic mass is 9.84. The van der Waals surface area contributed by atoms with Crippen molar-refractivity contribution in [3.63, 3.8) is 0 Å². The van der Waals surface area contributed by atoms with Gasteiger partial charge in [-0.3, -0.25) is 10.1 Å². The van der Waals surface area contributed by atoms with E-state index in [9.17, 15) is 0 Å². The minimum absolute atomic E-state index is 0.0839. The molecular weight excluding hydrogens is 767 g/mol. The number of aromatic amines is 1. The number of nitrogens with one attached hydrogen (secondary N) is 1. The fraction of sp³-hybridized carbons (Fsp3) is 0.633. The third-order valence-corrected chi connectivity index (χ3v) is 10.1. The molecule has 60 heavy (non-hydrogen) atoms. The molecule has 0 aromatic carbocycles. The van der Waals surface area contributed by atoms with Crippen molar-refractivity contribution in [1.82, 2.24) is 30.3 Å². The van der Waals surface area contributed by atoms with Gasteiger partial charge in [-0.15, -0.1) is 11.3 Å². The average molecular weight is 848 g/mol. The quantitative estimate of drug-likeness (QED) is 0.163. The normalized spacial score (nSPS) is 13.1. The molecule has 6 heterocycles. The lowest BCUT2D eigenvalue weighted by molar-refractivity contribution is 0.393. The van der Waals surface area contributed by atoms with E-state index in [1.165, 1.54) is 45.9 Å². The SMILES string of the molecule is CC1=C(C(C)(C)C)CC=N1.Cc1cn[nH]c1C(C)(C)C.Cc1conc1C(C)(C)C.Cc1ncoc1C(C)(C)C.Cc1ocnc1C(C)(C)C.Cc1scnc1C(C)(C)C. The Morgan fingerprint density at radius 1 is 0.583 bits per heavy atom. The van der Waals surface area contributed by atoms with Crippen molar-refractivity contribution < 1.29 is 13.4 Å². The van der Waals surface area contributed by atoms with E-state index >= 15 is 0 Å². The molecular formula is C49H81N7O3S. The Labute approximate surface area is 368 Å². The highest BCUT2D eigenvalue weighted by Crippen LogP contribution is 2.33. The summed E-state index contributed by atoms with van der Waals surface area (Å²) < 4.78 is 15.1. The largest absolute Gasteiger partial charge is 0.448 e. The summed E-state index contributed by atoms with van der Waals surface area (Å²) in [5.41, 5.74) is 13.5. The van der Waals surface area contributed by atoms with E-state index in [4.69, 9.17) is 13.4 Å². The number of oxazole rings is 2. The molecule has 5 aromatic rings. The Hall–Kier alpha value is -4.12. The number of allylic oxidation sites excluding steroid dienone is 2. The van der Waals surface area contributed by atoms with Crippen LogP contribution in [0, 0.1) is 40.0 Å². The number of thiazole rings is 1. The van der Waals surface area contributed by atoms with Crippen LogP contribution in [0.1, 0.15) is 194 Å². The monoisotopic (exact) mass is 848 g/mol. The smallest absolute Gasteiger partial charge is 0.181 e. The molecule has 0 saturated heterocycles. The van der Waals surface area contributed by atoms with Crippen LogP contribution in [0.5, 0.6) is 0 Å². The molecule has 0 bridgehead atoms. The van der Waals surface area contributed by atoms with Crippen molar-refractivity contribution in [1.29, 1.82) is 0 Å². The van der Waals surface area contributed by atoms with E-state index < -0.39 is 0 Å². The first-order valence-corrected chi connectivity index (χ1v) is 21.8. The molecule has 0 aliphatic carbocycles. The molecule has 1 aliphatic rings. The number of aliphatic imine (C=N–C) groups is 1. The lowest BCUT2D eigenvalue weighted by Gasteiger charge is -2.20. The van der Waals surface area contributed by atoms with Gasteiger partial charge in [0.25, 0.3) is 0 Å². The molecule has 0 fully saturated rings. The molecule has 0 spiro atoms. The Bertz CT molecular complexity index is 1770. The van der Waals surface area contributed by atoms with Crippen LogP contribution in [-0.4, -0.2) is 36.5 Å². The van der Waals surface area contributed by atoms with Gasteiger partial charge in [0.15, 0.2) is 12.8 Å². The zero-order valence-electron chi connectivity index (χ0n) is 42.0. The zero-order valence-corrected chi connectivity index (χ0v) is 42.8. The minimum Gasteiger partial charge on any atom is -0.448 e. The van der Waals surface area contributed by atoms with E-state index in [-0.39, 0.29) is 27.1 Å². The minimum atomic E-state index is 0.0839. The first-order chi connectivity index (χ1) is 27.1. The van der Waals surface area contributed by atoms with E-state index in [0.29, 0.717) is 5.41 Å². The van der Waals surface area contributed by atoms with Gasteiger partial charge in [0, 0.05) is 61.5 Å². The zero-order chi connectivity index (χ0) is 46.7. The Balaban J connectivity index is 0.000000360.